The van der Waals surface area contributed by atoms with Gasteiger partial charge in [0.15, 0.2) is 0 Å². The van der Waals surface area contributed by atoms with E-state index >= 15 is 0 Å². The number of hydrogen-bond donors (Lipinski definition) is 2. The zero-order valence-corrected chi connectivity index (χ0v) is 11.1. The summed E-state index contributed by atoms with van der Waals surface area (Å²) in [7, 11) is 1.75. The highest BCUT2D eigenvalue weighted by Crippen LogP contribution is 2.48. The summed E-state index contributed by atoms with van der Waals surface area (Å²) in [6, 6.07) is 3.96. The van der Waals surface area contributed by atoms with Crippen LogP contribution in [0.4, 0.5) is 0 Å². The van der Waals surface area contributed by atoms with Gasteiger partial charge in [-0.15, -0.1) is 11.3 Å². The highest BCUT2D eigenvalue weighted by Gasteiger charge is 2.41. The molecule has 0 spiro atoms. The lowest BCUT2D eigenvalue weighted by atomic mass is 10.0. The van der Waals surface area contributed by atoms with Gasteiger partial charge in [0.2, 0.25) is 0 Å². The summed E-state index contributed by atoms with van der Waals surface area (Å²) < 4.78 is 5.13. The number of rotatable bonds is 8. The molecule has 1 aromatic heterocycles. The molecule has 1 heterocycles. The van der Waals surface area contributed by atoms with Crippen molar-refractivity contribution >= 4 is 11.3 Å². The summed E-state index contributed by atoms with van der Waals surface area (Å²) in [5.74, 6) is 0. The van der Waals surface area contributed by atoms with Gasteiger partial charge in [0, 0.05) is 31.7 Å². The Kier molecular flexibility index (Phi) is 4.56. The normalized spacial score (nSPS) is 19.2. The lowest BCUT2D eigenvalue weighted by Gasteiger charge is -2.17. The Balaban J connectivity index is 1.66. The summed E-state index contributed by atoms with van der Waals surface area (Å²) in [4.78, 5) is 1.04. The third-order valence-corrected chi connectivity index (χ3v) is 4.48. The van der Waals surface area contributed by atoms with Crippen LogP contribution in [0.25, 0.3) is 0 Å². The Hall–Kier alpha value is -0.420. The van der Waals surface area contributed by atoms with Gasteiger partial charge in [-0.1, -0.05) is 6.07 Å². The van der Waals surface area contributed by atoms with E-state index in [1.54, 1.807) is 18.4 Å². The molecule has 1 unspecified atom stereocenters. The lowest BCUT2D eigenvalue weighted by Crippen LogP contribution is -2.28. The van der Waals surface area contributed by atoms with Crippen LogP contribution >= 0.6 is 11.3 Å². The zero-order chi connectivity index (χ0) is 12.1. The summed E-state index contributed by atoms with van der Waals surface area (Å²) in [6.07, 6.45) is 3.34. The average molecular weight is 255 g/mol. The minimum atomic E-state index is -0.367. The number of hydrogen-bond acceptors (Lipinski definition) is 4. The van der Waals surface area contributed by atoms with Gasteiger partial charge in [0.1, 0.15) is 6.10 Å². The summed E-state index contributed by atoms with van der Waals surface area (Å²) in [5.41, 5.74) is 0.450. The van der Waals surface area contributed by atoms with Crippen molar-refractivity contribution in [2.24, 2.45) is 5.41 Å². The fourth-order valence-corrected chi connectivity index (χ4v) is 2.78. The molecule has 1 saturated carbocycles. The number of aliphatic hydroxyl groups excluding tert-OH is 1. The van der Waals surface area contributed by atoms with Gasteiger partial charge in [-0.25, -0.2) is 0 Å². The Labute approximate surface area is 107 Å². The molecule has 1 aliphatic rings. The highest BCUT2D eigenvalue weighted by atomic mass is 32.1. The number of nitrogens with one attached hydrogen (secondary N) is 1. The van der Waals surface area contributed by atoms with Gasteiger partial charge in [0.05, 0.1) is 0 Å². The van der Waals surface area contributed by atoms with E-state index in [0.29, 0.717) is 12.0 Å². The lowest BCUT2D eigenvalue weighted by molar-refractivity contribution is 0.160. The SMILES string of the molecule is COCCC1(CNCC(O)c2cccs2)CC1. The van der Waals surface area contributed by atoms with E-state index in [1.807, 2.05) is 17.5 Å². The standard InChI is InChI=1S/C13H21NO2S/c1-16-7-6-13(4-5-13)10-14-9-11(15)12-3-2-8-17-12/h2-3,8,11,14-15H,4-7,9-10H2,1H3. The molecular weight excluding hydrogens is 234 g/mol. The number of ether oxygens (including phenoxy) is 1. The fourth-order valence-electron chi connectivity index (χ4n) is 2.07. The first-order chi connectivity index (χ1) is 8.26. The zero-order valence-electron chi connectivity index (χ0n) is 10.3. The second kappa shape index (κ2) is 5.96. The van der Waals surface area contributed by atoms with Crippen molar-refractivity contribution in [3.8, 4) is 0 Å². The minimum Gasteiger partial charge on any atom is -0.386 e. The molecule has 0 saturated heterocycles. The van der Waals surface area contributed by atoms with Gasteiger partial charge in [-0.2, -0.15) is 0 Å². The molecular formula is C13H21NO2S. The molecule has 17 heavy (non-hydrogen) atoms. The van der Waals surface area contributed by atoms with Crippen molar-refractivity contribution in [2.75, 3.05) is 26.8 Å². The predicted octanol–water partition coefficient (Wildman–Crippen LogP) is 2.19. The second-order valence-electron chi connectivity index (χ2n) is 4.90. The van der Waals surface area contributed by atoms with Crippen molar-refractivity contribution < 1.29 is 9.84 Å². The van der Waals surface area contributed by atoms with Crippen molar-refractivity contribution in [2.45, 2.75) is 25.4 Å². The topological polar surface area (TPSA) is 41.5 Å². The van der Waals surface area contributed by atoms with E-state index in [4.69, 9.17) is 4.74 Å². The molecule has 96 valence electrons. The molecule has 0 radical (unpaired) electrons. The van der Waals surface area contributed by atoms with E-state index in [-0.39, 0.29) is 6.10 Å². The molecule has 2 N–H and O–H groups in total. The predicted molar refractivity (Wildman–Crippen MR) is 70.3 cm³/mol. The van der Waals surface area contributed by atoms with Crippen molar-refractivity contribution in [3.05, 3.63) is 22.4 Å². The average Bonchev–Trinajstić information content (AvgIpc) is 2.89. The third-order valence-electron chi connectivity index (χ3n) is 3.50. The molecule has 0 amide bonds. The van der Waals surface area contributed by atoms with E-state index in [0.717, 1.165) is 24.4 Å². The molecule has 0 aromatic carbocycles. The summed E-state index contributed by atoms with van der Waals surface area (Å²) in [5, 5.41) is 15.3. The maximum absolute atomic E-state index is 9.93. The first-order valence-electron chi connectivity index (χ1n) is 6.17. The molecule has 2 rings (SSSR count). The van der Waals surface area contributed by atoms with E-state index in [9.17, 15) is 5.11 Å². The van der Waals surface area contributed by atoms with Crippen LogP contribution in [0.1, 0.15) is 30.2 Å². The van der Waals surface area contributed by atoms with Crippen LogP contribution in [0.15, 0.2) is 17.5 Å². The second-order valence-corrected chi connectivity index (χ2v) is 5.88. The first-order valence-corrected chi connectivity index (χ1v) is 7.05. The number of aliphatic hydroxyl groups is 1. The van der Waals surface area contributed by atoms with Crippen LogP contribution < -0.4 is 5.32 Å². The Morgan fingerprint density at radius 1 is 1.59 bits per heavy atom. The minimum absolute atomic E-state index is 0.367. The summed E-state index contributed by atoms with van der Waals surface area (Å²) in [6.45, 7) is 2.49. The molecule has 4 heteroatoms. The van der Waals surface area contributed by atoms with Crippen molar-refractivity contribution in [1.82, 2.24) is 5.32 Å². The smallest absolute Gasteiger partial charge is 0.101 e. The number of thiophene rings is 1. The first kappa shape index (κ1) is 13.0. The van der Waals surface area contributed by atoms with Crippen LogP contribution in [-0.4, -0.2) is 31.9 Å². The monoisotopic (exact) mass is 255 g/mol. The van der Waals surface area contributed by atoms with E-state index in [1.165, 1.54) is 12.8 Å². The van der Waals surface area contributed by atoms with Gasteiger partial charge in [0.25, 0.3) is 0 Å². The van der Waals surface area contributed by atoms with Crippen LogP contribution in [0, 0.1) is 5.41 Å². The molecule has 1 atom stereocenters. The Morgan fingerprint density at radius 2 is 2.41 bits per heavy atom. The largest absolute Gasteiger partial charge is 0.386 e. The Bertz CT molecular complexity index is 322. The maximum atomic E-state index is 9.93. The highest BCUT2D eigenvalue weighted by molar-refractivity contribution is 7.10. The van der Waals surface area contributed by atoms with E-state index < -0.39 is 0 Å². The molecule has 0 aliphatic heterocycles. The molecule has 1 aliphatic carbocycles. The van der Waals surface area contributed by atoms with Crippen LogP contribution in [0.2, 0.25) is 0 Å². The van der Waals surface area contributed by atoms with Crippen LogP contribution in [0.3, 0.4) is 0 Å². The molecule has 3 nitrogen and oxygen atoms in total. The van der Waals surface area contributed by atoms with Crippen molar-refractivity contribution in [3.63, 3.8) is 0 Å². The number of methoxy groups -OCH3 is 1. The fraction of sp³-hybridized carbons (Fsp3) is 0.692. The Morgan fingerprint density at radius 3 is 3.00 bits per heavy atom. The van der Waals surface area contributed by atoms with Gasteiger partial charge in [-0.05, 0) is 36.1 Å². The third kappa shape index (κ3) is 3.78. The van der Waals surface area contributed by atoms with Crippen LogP contribution in [-0.2, 0) is 4.74 Å². The summed E-state index contributed by atoms with van der Waals surface area (Å²) >= 11 is 1.61. The van der Waals surface area contributed by atoms with E-state index in [2.05, 4.69) is 5.32 Å². The quantitative estimate of drug-likeness (QED) is 0.748. The van der Waals surface area contributed by atoms with Crippen LogP contribution in [0.5, 0.6) is 0 Å². The molecule has 0 bridgehead atoms. The van der Waals surface area contributed by atoms with Gasteiger partial charge >= 0.3 is 0 Å². The van der Waals surface area contributed by atoms with Gasteiger partial charge in [-0.3, -0.25) is 0 Å². The molecule has 1 fully saturated rings. The van der Waals surface area contributed by atoms with Gasteiger partial charge < -0.3 is 15.2 Å². The maximum Gasteiger partial charge on any atom is 0.101 e. The van der Waals surface area contributed by atoms with Crippen molar-refractivity contribution in [1.29, 1.82) is 0 Å². The molecule has 1 aromatic rings.